The molecule has 0 unspecified atom stereocenters. The first-order chi connectivity index (χ1) is 10.6. The topological polar surface area (TPSA) is 104 Å². The van der Waals surface area contributed by atoms with Gasteiger partial charge in [0.2, 0.25) is 0 Å². The predicted molar refractivity (Wildman–Crippen MR) is 80.3 cm³/mol. The number of carbonyl (C=O) groups excluding carboxylic acids is 1. The van der Waals surface area contributed by atoms with Crippen LogP contribution < -0.4 is 10.3 Å². The van der Waals surface area contributed by atoms with Crippen molar-refractivity contribution in [3.05, 3.63) is 60.3 Å². The minimum absolute atomic E-state index is 0.0576. The standard InChI is InChI=1S/C14H12N4O3S/c19-14(13-11-8-4-5-9-12(11)15-16-13)17-18-22(20,21)10-6-2-1-3-7-10/h1-9,18H,(H,15,16)(H,17,19). The molecule has 0 fully saturated rings. The van der Waals surface area contributed by atoms with Gasteiger partial charge in [0.15, 0.2) is 5.69 Å². The average molecular weight is 316 g/mol. The highest BCUT2D eigenvalue weighted by Crippen LogP contribution is 2.14. The summed E-state index contributed by atoms with van der Waals surface area (Å²) in [4.78, 5) is 14.2. The van der Waals surface area contributed by atoms with Gasteiger partial charge in [0, 0.05) is 5.39 Å². The third-order valence-corrected chi connectivity index (χ3v) is 4.30. The van der Waals surface area contributed by atoms with Gasteiger partial charge in [-0.3, -0.25) is 15.3 Å². The zero-order valence-electron chi connectivity index (χ0n) is 11.3. The molecule has 8 heteroatoms. The Morgan fingerprint density at radius 3 is 2.45 bits per heavy atom. The SMILES string of the molecule is O=C(NNS(=O)(=O)c1ccccc1)c1n[nH]c2ccccc12. The smallest absolute Gasteiger partial charge is 0.277 e. The highest BCUT2D eigenvalue weighted by atomic mass is 32.2. The number of nitrogens with zero attached hydrogens (tertiary/aromatic N) is 1. The molecule has 1 amide bonds. The molecule has 0 radical (unpaired) electrons. The van der Waals surface area contributed by atoms with E-state index < -0.39 is 15.9 Å². The molecule has 7 nitrogen and oxygen atoms in total. The molecule has 1 aromatic heterocycles. The normalized spacial score (nSPS) is 11.5. The van der Waals surface area contributed by atoms with Gasteiger partial charge in [-0.1, -0.05) is 36.4 Å². The van der Waals surface area contributed by atoms with Gasteiger partial charge in [-0.2, -0.15) is 5.10 Å². The van der Waals surface area contributed by atoms with Gasteiger partial charge in [0.1, 0.15) is 0 Å². The van der Waals surface area contributed by atoms with Crippen LogP contribution in [0.25, 0.3) is 10.9 Å². The van der Waals surface area contributed by atoms with E-state index in [1.54, 1.807) is 42.5 Å². The third-order valence-electron chi connectivity index (χ3n) is 3.04. The Morgan fingerprint density at radius 2 is 1.68 bits per heavy atom. The van der Waals surface area contributed by atoms with E-state index in [0.717, 1.165) is 0 Å². The predicted octanol–water partition coefficient (Wildman–Crippen LogP) is 1.19. The molecule has 0 atom stereocenters. The van der Waals surface area contributed by atoms with Crippen LogP contribution in [-0.4, -0.2) is 24.5 Å². The first-order valence-corrected chi connectivity index (χ1v) is 7.86. The molecular formula is C14H12N4O3S. The van der Waals surface area contributed by atoms with E-state index >= 15 is 0 Å². The lowest BCUT2D eigenvalue weighted by Gasteiger charge is -2.07. The van der Waals surface area contributed by atoms with E-state index in [0.29, 0.717) is 10.9 Å². The maximum Gasteiger partial charge on any atom is 0.287 e. The second-order valence-electron chi connectivity index (χ2n) is 4.49. The third kappa shape index (κ3) is 2.69. The second-order valence-corrected chi connectivity index (χ2v) is 6.17. The molecule has 0 saturated carbocycles. The Kier molecular flexibility index (Phi) is 3.61. The molecule has 3 N–H and O–H groups in total. The van der Waals surface area contributed by atoms with E-state index in [-0.39, 0.29) is 10.6 Å². The fourth-order valence-electron chi connectivity index (χ4n) is 1.97. The summed E-state index contributed by atoms with van der Waals surface area (Å²) in [5, 5.41) is 7.22. The van der Waals surface area contributed by atoms with E-state index in [1.807, 2.05) is 4.83 Å². The molecule has 22 heavy (non-hydrogen) atoms. The lowest BCUT2D eigenvalue weighted by molar-refractivity contribution is 0.0941. The Hall–Kier alpha value is -2.71. The van der Waals surface area contributed by atoms with E-state index in [9.17, 15) is 13.2 Å². The molecule has 0 bridgehead atoms. The highest BCUT2D eigenvalue weighted by Gasteiger charge is 2.18. The van der Waals surface area contributed by atoms with Gasteiger partial charge in [-0.05, 0) is 18.2 Å². The van der Waals surface area contributed by atoms with E-state index in [1.165, 1.54) is 12.1 Å². The summed E-state index contributed by atoms with van der Waals surface area (Å²) in [5.41, 5.74) is 2.97. The number of hydrogen-bond acceptors (Lipinski definition) is 4. The molecule has 2 aromatic carbocycles. The number of hydrazine groups is 1. The van der Waals surface area contributed by atoms with E-state index in [2.05, 4.69) is 15.6 Å². The zero-order chi connectivity index (χ0) is 15.6. The molecule has 0 aliphatic rings. The lowest BCUT2D eigenvalue weighted by atomic mass is 10.2. The number of H-pyrrole nitrogens is 1. The first-order valence-electron chi connectivity index (χ1n) is 6.38. The van der Waals surface area contributed by atoms with Gasteiger partial charge in [0.25, 0.3) is 15.9 Å². The van der Waals surface area contributed by atoms with Crippen molar-refractivity contribution in [1.29, 1.82) is 0 Å². The van der Waals surface area contributed by atoms with Crippen LogP contribution in [0.3, 0.4) is 0 Å². The summed E-state index contributed by atoms with van der Waals surface area (Å²) in [6.45, 7) is 0. The fraction of sp³-hybridized carbons (Fsp3) is 0. The molecule has 1 heterocycles. The van der Waals surface area contributed by atoms with Crippen LogP contribution in [0.15, 0.2) is 59.5 Å². The van der Waals surface area contributed by atoms with Crippen molar-refractivity contribution in [2.45, 2.75) is 4.90 Å². The van der Waals surface area contributed by atoms with Gasteiger partial charge < -0.3 is 0 Å². The summed E-state index contributed by atoms with van der Waals surface area (Å²) in [6.07, 6.45) is 0. The summed E-state index contributed by atoms with van der Waals surface area (Å²) in [5.74, 6) is -0.642. The number of carbonyl (C=O) groups is 1. The number of aromatic amines is 1. The highest BCUT2D eigenvalue weighted by molar-refractivity contribution is 7.89. The molecule has 3 aromatic rings. The van der Waals surface area contributed by atoms with Gasteiger partial charge >= 0.3 is 0 Å². The largest absolute Gasteiger partial charge is 0.287 e. The lowest BCUT2D eigenvalue weighted by Crippen LogP contribution is -2.41. The van der Waals surface area contributed by atoms with Crippen molar-refractivity contribution in [2.24, 2.45) is 0 Å². The van der Waals surface area contributed by atoms with Crippen LogP contribution in [0.2, 0.25) is 0 Å². The first kappa shape index (κ1) is 14.2. The van der Waals surface area contributed by atoms with Crippen molar-refractivity contribution in [3.63, 3.8) is 0 Å². The minimum Gasteiger partial charge on any atom is -0.277 e. The van der Waals surface area contributed by atoms with Crippen molar-refractivity contribution >= 4 is 26.8 Å². The number of nitrogens with one attached hydrogen (secondary N) is 3. The monoisotopic (exact) mass is 316 g/mol. The summed E-state index contributed by atoms with van der Waals surface area (Å²) in [7, 11) is -3.82. The molecule has 3 rings (SSSR count). The van der Waals surface area contributed by atoms with Gasteiger partial charge in [-0.15, -0.1) is 4.83 Å². The number of sulfonamides is 1. The number of rotatable bonds is 4. The van der Waals surface area contributed by atoms with Crippen molar-refractivity contribution < 1.29 is 13.2 Å². The van der Waals surface area contributed by atoms with Gasteiger partial charge in [0.05, 0.1) is 10.4 Å². The van der Waals surface area contributed by atoms with Crippen LogP contribution in [0.1, 0.15) is 10.5 Å². The van der Waals surface area contributed by atoms with Crippen molar-refractivity contribution in [2.75, 3.05) is 0 Å². The van der Waals surface area contributed by atoms with Crippen LogP contribution in [0, 0.1) is 0 Å². The molecule has 0 aliphatic heterocycles. The van der Waals surface area contributed by atoms with Gasteiger partial charge in [-0.25, -0.2) is 8.42 Å². The van der Waals surface area contributed by atoms with Crippen molar-refractivity contribution in [1.82, 2.24) is 20.5 Å². The van der Waals surface area contributed by atoms with E-state index in [4.69, 9.17) is 0 Å². The quantitative estimate of drug-likeness (QED) is 0.629. The maximum absolute atomic E-state index is 12.1. The average Bonchev–Trinajstić information content (AvgIpc) is 2.98. The van der Waals surface area contributed by atoms with Crippen molar-refractivity contribution in [3.8, 4) is 0 Å². The zero-order valence-corrected chi connectivity index (χ0v) is 12.1. The van der Waals surface area contributed by atoms with Crippen LogP contribution in [0.4, 0.5) is 0 Å². The number of fused-ring (bicyclic) bond motifs is 1. The Morgan fingerprint density at radius 1 is 1.00 bits per heavy atom. The molecule has 112 valence electrons. The Labute approximate surface area is 126 Å². The maximum atomic E-state index is 12.1. The summed E-state index contributed by atoms with van der Waals surface area (Å²) >= 11 is 0. The molecular weight excluding hydrogens is 304 g/mol. The summed E-state index contributed by atoms with van der Waals surface area (Å²) in [6, 6.07) is 14.8. The second kappa shape index (κ2) is 5.58. The number of amides is 1. The van der Waals surface area contributed by atoms with Crippen LogP contribution in [0.5, 0.6) is 0 Å². The Balaban J connectivity index is 1.78. The molecule has 0 aliphatic carbocycles. The minimum atomic E-state index is -3.82. The number of aromatic nitrogens is 2. The Bertz CT molecular complexity index is 919. The number of benzene rings is 2. The molecule has 0 saturated heterocycles. The molecule has 0 spiro atoms. The van der Waals surface area contributed by atoms with Crippen LogP contribution >= 0.6 is 0 Å². The fourth-order valence-corrected chi connectivity index (χ4v) is 2.83. The number of para-hydroxylation sites is 1. The van der Waals surface area contributed by atoms with Crippen LogP contribution in [-0.2, 0) is 10.0 Å². The summed E-state index contributed by atoms with van der Waals surface area (Å²) < 4.78 is 24.0. The number of hydrogen-bond donors (Lipinski definition) is 3.